The second-order valence-corrected chi connectivity index (χ2v) is 5.30. The van der Waals surface area contributed by atoms with Gasteiger partial charge in [-0.2, -0.15) is 0 Å². The fourth-order valence-electron chi connectivity index (χ4n) is 2.09. The summed E-state index contributed by atoms with van der Waals surface area (Å²) in [6.07, 6.45) is 9.45. The highest BCUT2D eigenvalue weighted by Gasteiger charge is 2.10. The zero-order chi connectivity index (χ0) is 15.4. The lowest BCUT2D eigenvalue weighted by Crippen LogP contribution is -2.22. The quantitative estimate of drug-likeness (QED) is 0.484. The van der Waals surface area contributed by atoms with Crippen LogP contribution in [0.15, 0.2) is 59.2 Å². The molecule has 2 aromatic heterocycles. The van der Waals surface area contributed by atoms with Crippen LogP contribution in [0, 0.1) is 0 Å². The van der Waals surface area contributed by atoms with E-state index in [1.807, 2.05) is 18.4 Å². The van der Waals surface area contributed by atoms with Crippen molar-refractivity contribution in [2.75, 3.05) is 6.26 Å². The molecular formula is C16H17N3OS. The minimum Gasteiger partial charge on any atom is -0.295 e. The van der Waals surface area contributed by atoms with Crippen LogP contribution in [0.5, 0.6) is 0 Å². The summed E-state index contributed by atoms with van der Waals surface area (Å²) >= 11 is 1.45. The maximum absolute atomic E-state index is 12.4. The number of nitrogens with zero attached hydrogens (tertiary/aromatic N) is 3. The summed E-state index contributed by atoms with van der Waals surface area (Å²) in [6, 6.07) is 1.85. The molecule has 0 aliphatic carbocycles. The van der Waals surface area contributed by atoms with Gasteiger partial charge in [-0.3, -0.25) is 9.36 Å². The van der Waals surface area contributed by atoms with Crippen molar-refractivity contribution in [1.82, 2.24) is 14.5 Å². The lowest BCUT2D eigenvalue weighted by Gasteiger charge is -2.09. The molecule has 0 bridgehead atoms. The third kappa shape index (κ3) is 3.13. The highest BCUT2D eigenvalue weighted by molar-refractivity contribution is 7.98. The van der Waals surface area contributed by atoms with Crippen LogP contribution < -0.4 is 5.56 Å². The molecule has 2 heterocycles. The van der Waals surface area contributed by atoms with E-state index in [1.54, 1.807) is 30.0 Å². The summed E-state index contributed by atoms with van der Waals surface area (Å²) in [4.78, 5) is 21.1. The molecule has 0 fully saturated rings. The van der Waals surface area contributed by atoms with Crippen LogP contribution in [-0.4, -0.2) is 20.8 Å². The van der Waals surface area contributed by atoms with Crippen molar-refractivity contribution in [3.63, 3.8) is 0 Å². The molecule has 0 saturated heterocycles. The monoisotopic (exact) mass is 299 g/mol. The van der Waals surface area contributed by atoms with E-state index in [9.17, 15) is 4.79 Å². The van der Waals surface area contributed by atoms with Crippen molar-refractivity contribution in [2.45, 2.75) is 11.6 Å². The Bertz CT molecular complexity index is 790. The van der Waals surface area contributed by atoms with Gasteiger partial charge in [0, 0.05) is 30.6 Å². The molecule has 108 valence electrons. The van der Waals surface area contributed by atoms with Crippen molar-refractivity contribution in [2.24, 2.45) is 7.05 Å². The molecule has 0 N–H and O–H groups in total. The van der Waals surface area contributed by atoms with Gasteiger partial charge < -0.3 is 0 Å². The summed E-state index contributed by atoms with van der Waals surface area (Å²) in [6.45, 7) is 7.43. The number of rotatable bonds is 5. The fourth-order valence-corrected chi connectivity index (χ4v) is 2.43. The molecule has 2 rings (SSSR count). The topological polar surface area (TPSA) is 47.8 Å². The lowest BCUT2D eigenvalue weighted by molar-refractivity contribution is 0.843. The maximum Gasteiger partial charge on any atom is 0.255 e. The first-order valence-corrected chi connectivity index (χ1v) is 7.67. The van der Waals surface area contributed by atoms with Gasteiger partial charge in [-0.15, -0.1) is 0 Å². The highest BCUT2D eigenvalue weighted by atomic mass is 32.2. The summed E-state index contributed by atoms with van der Waals surface area (Å²) in [5.41, 5.74) is 2.24. The third-order valence-electron chi connectivity index (χ3n) is 3.17. The van der Waals surface area contributed by atoms with E-state index in [4.69, 9.17) is 0 Å². The van der Waals surface area contributed by atoms with Crippen LogP contribution in [-0.2, 0) is 13.5 Å². The normalized spacial score (nSPS) is 11.6. The zero-order valence-electron chi connectivity index (χ0n) is 12.2. The Balaban J connectivity index is 2.59. The molecule has 0 aliphatic rings. The second-order valence-electron chi connectivity index (χ2n) is 4.53. The zero-order valence-corrected chi connectivity index (χ0v) is 13.0. The standard InChI is InChI=1S/C16H17N3OS/c1-5-7-11(6-2)8-12-9-13-10-17-16(21-4)18-14(13)19(3)15(12)20/h5-7,9-10H,1-2,8H2,3-4H3/b11-7+. The average Bonchev–Trinajstić information content (AvgIpc) is 2.51. The first kappa shape index (κ1) is 15.3. The summed E-state index contributed by atoms with van der Waals surface area (Å²) in [7, 11) is 1.73. The van der Waals surface area contributed by atoms with Crippen LogP contribution in [0.25, 0.3) is 11.0 Å². The van der Waals surface area contributed by atoms with Gasteiger partial charge in [0.2, 0.25) is 0 Å². The van der Waals surface area contributed by atoms with Crippen LogP contribution >= 0.6 is 11.8 Å². The van der Waals surface area contributed by atoms with E-state index in [-0.39, 0.29) is 5.56 Å². The molecule has 2 aromatic rings. The smallest absolute Gasteiger partial charge is 0.255 e. The molecular weight excluding hydrogens is 282 g/mol. The van der Waals surface area contributed by atoms with Crippen molar-refractivity contribution >= 4 is 22.8 Å². The number of aryl methyl sites for hydroxylation is 1. The molecule has 21 heavy (non-hydrogen) atoms. The van der Waals surface area contributed by atoms with Gasteiger partial charge in [0.05, 0.1) is 0 Å². The average molecular weight is 299 g/mol. The number of pyridine rings is 1. The van der Waals surface area contributed by atoms with Crippen molar-refractivity contribution in [1.29, 1.82) is 0 Å². The predicted molar refractivity (Wildman–Crippen MR) is 88.7 cm³/mol. The van der Waals surface area contributed by atoms with Crippen LogP contribution in [0.2, 0.25) is 0 Å². The van der Waals surface area contributed by atoms with Gasteiger partial charge in [-0.05, 0) is 17.9 Å². The van der Waals surface area contributed by atoms with Gasteiger partial charge >= 0.3 is 0 Å². The van der Waals surface area contributed by atoms with E-state index in [0.717, 1.165) is 11.0 Å². The number of fused-ring (bicyclic) bond motifs is 1. The first-order valence-electron chi connectivity index (χ1n) is 6.44. The molecule has 4 nitrogen and oxygen atoms in total. The van der Waals surface area contributed by atoms with E-state index in [0.29, 0.717) is 22.8 Å². The molecule has 0 atom stereocenters. The van der Waals surface area contributed by atoms with Crippen molar-refractivity contribution < 1.29 is 0 Å². The van der Waals surface area contributed by atoms with E-state index in [1.165, 1.54) is 11.8 Å². The summed E-state index contributed by atoms with van der Waals surface area (Å²) in [5, 5.41) is 1.51. The van der Waals surface area contributed by atoms with E-state index in [2.05, 4.69) is 23.1 Å². The van der Waals surface area contributed by atoms with Gasteiger partial charge in [-0.25, -0.2) is 9.97 Å². The Morgan fingerprint density at radius 2 is 2.24 bits per heavy atom. The molecule has 5 heteroatoms. The SMILES string of the molecule is C=C/C=C(\C=C)Cc1cc2cnc(SC)nc2n(C)c1=O. The van der Waals surface area contributed by atoms with Crippen LogP contribution in [0.1, 0.15) is 5.56 Å². The summed E-state index contributed by atoms with van der Waals surface area (Å²) in [5.74, 6) is 0. The maximum atomic E-state index is 12.4. The van der Waals surface area contributed by atoms with Gasteiger partial charge in [0.1, 0.15) is 5.65 Å². The number of aromatic nitrogens is 3. The minimum atomic E-state index is -0.0509. The van der Waals surface area contributed by atoms with Gasteiger partial charge in [0.15, 0.2) is 5.16 Å². The highest BCUT2D eigenvalue weighted by Crippen LogP contribution is 2.16. The lowest BCUT2D eigenvalue weighted by atomic mass is 10.1. The van der Waals surface area contributed by atoms with Crippen molar-refractivity contribution in [3.05, 3.63) is 65.1 Å². The molecule has 0 aliphatic heterocycles. The summed E-state index contributed by atoms with van der Waals surface area (Å²) < 4.78 is 1.57. The number of hydrogen-bond donors (Lipinski definition) is 0. The minimum absolute atomic E-state index is 0.0509. The van der Waals surface area contributed by atoms with Crippen LogP contribution in [0.4, 0.5) is 0 Å². The largest absolute Gasteiger partial charge is 0.295 e. The molecule has 0 aromatic carbocycles. The number of thioether (sulfide) groups is 1. The van der Waals surface area contributed by atoms with Crippen molar-refractivity contribution in [3.8, 4) is 0 Å². The third-order valence-corrected chi connectivity index (χ3v) is 3.73. The molecule has 0 amide bonds. The predicted octanol–water partition coefficient (Wildman–Crippen LogP) is 2.89. The van der Waals surface area contributed by atoms with Gasteiger partial charge in [0.25, 0.3) is 5.56 Å². The Hall–Kier alpha value is -2.14. The first-order chi connectivity index (χ1) is 10.1. The Labute approximate surface area is 127 Å². The Morgan fingerprint density at radius 1 is 1.48 bits per heavy atom. The molecule has 0 unspecified atom stereocenters. The second kappa shape index (κ2) is 6.54. The van der Waals surface area contributed by atoms with Crippen LogP contribution in [0.3, 0.4) is 0 Å². The van der Waals surface area contributed by atoms with E-state index >= 15 is 0 Å². The van der Waals surface area contributed by atoms with Gasteiger partial charge in [-0.1, -0.05) is 43.1 Å². The molecule has 0 radical (unpaired) electrons. The molecule has 0 saturated carbocycles. The Kier molecular flexibility index (Phi) is 4.75. The van der Waals surface area contributed by atoms with E-state index < -0.39 is 0 Å². The molecule has 0 spiro atoms. The number of allylic oxidation sites excluding steroid dienone is 4. The fraction of sp³-hybridized carbons (Fsp3) is 0.188. The Morgan fingerprint density at radius 3 is 2.86 bits per heavy atom. The number of hydrogen-bond acceptors (Lipinski definition) is 4.